The topological polar surface area (TPSA) is 57.6 Å². The number of hydrogen-bond donors (Lipinski definition) is 1. The normalized spacial score (nSPS) is 18.5. The van der Waals surface area contributed by atoms with Gasteiger partial charge in [-0.25, -0.2) is 0 Å². The van der Waals surface area contributed by atoms with Crippen molar-refractivity contribution in [2.24, 2.45) is 0 Å². The van der Waals surface area contributed by atoms with Crippen molar-refractivity contribution in [3.8, 4) is 0 Å². The minimum absolute atomic E-state index is 0.0162. The van der Waals surface area contributed by atoms with E-state index in [1.54, 1.807) is 11.3 Å². The van der Waals surface area contributed by atoms with Gasteiger partial charge >= 0.3 is 5.97 Å². The highest BCUT2D eigenvalue weighted by Gasteiger charge is 2.27. The molecule has 2 rings (SSSR count). The lowest BCUT2D eigenvalue weighted by Crippen LogP contribution is -2.39. The molecule has 0 saturated heterocycles. The maximum Gasteiger partial charge on any atom is 0.313 e. The molecule has 1 N–H and O–H groups in total. The molecule has 0 spiro atoms. The lowest BCUT2D eigenvalue weighted by atomic mass is 10.0. The van der Waals surface area contributed by atoms with Crippen LogP contribution in [0.4, 0.5) is 0 Å². The van der Waals surface area contributed by atoms with E-state index in [9.17, 15) is 9.59 Å². The molecule has 0 bridgehead atoms. The van der Waals surface area contributed by atoms with Crippen LogP contribution >= 0.6 is 23.1 Å². The van der Waals surface area contributed by atoms with Crippen molar-refractivity contribution in [2.45, 2.75) is 19.4 Å². The molecule has 4 nitrogen and oxygen atoms in total. The fraction of sp³-hybridized carbons (Fsp3) is 0.500. The smallest absolute Gasteiger partial charge is 0.313 e. The fourth-order valence-electron chi connectivity index (χ4n) is 2.16. The van der Waals surface area contributed by atoms with Crippen molar-refractivity contribution in [1.82, 2.24) is 4.90 Å². The second kappa shape index (κ2) is 5.75. The Hall–Kier alpha value is -1.01. The Morgan fingerprint density at radius 2 is 2.33 bits per heavy atom. The van der Waals surface area contributed by atoms with Crippen molar-refractivity contribution in [2.75, 3.05) is 18.1 Å². The van der Waals surface area contributed by atoms with E-state index in [2.05, 4.69) is 11.4 Å². The highest BCUT2D eigenvalue weighted by Crippen LogP contribution is 2.32. The third kappa shape index (κ3) is 2.87. The molecule has 0 aliphatic carbocycles. The molecule has 1 aromatic heterocycles. The van der Waals surface area contributed by atoms with E-state index in [1.807, 2.05) is 11.8 Å². The van der Waals surface area contributed by atoms with Crippen LogP contribution in [0.2, 0.25) is 0 Å². The number of rotatable bonds is 4. The van der Waals surface area contributed by atoms with Gasteiger partial charge in [-0.2, -0.15) is 0 Å². The molecule has 0 saturated carbocycles. The maximum atomic E-state index is 12.0. The van der Waals surface area contributed by atoms with Crippen molar-refractivity contribution < 1.29 is 14.7 Å². The minimum Gasteiger partial charge on any atom is -0.481 e. The second-order valence-electron chi connectivity index (χ2n) is 4.20. The third-order valence-corrected chi connectivity index (χ3v) is 4.95. The van der Waals surface area contributed by atoms with Gasteiger partial charge in [0.1, 0.15) is 0 Å². The molecule has 1 aliphatic rings. The van der Waals surface area contributed by atoms with E-state index in [4.69, 9.17) is 5.11 Å². The number of nitrogens with zero attached hydrogens (tertiary/aromatic N) is 1. The van der Waals surface area contributed by atoms with Crippen molar-refractivity contribution >= 4 is 35.0 Å². The molecule has 2 heterocycles. The average Bonchev–Trinajstić information content (AvgIpc) is 2.77. The van der Waals surface area contributed by atoms with E-state index in [-0.39, 0.29) is 23.5 Å². The maximum absolute atomic E-state index is 12.0. The summed E-state index contributed by atoms with van der Waals surface area (Å²) in [6.07, 6.45) is 0.909. The van der Waals surface area contributed by atoms with Crippen LogP contribution in [-0.2, 0) is 16.0 Å². The number of aliphatic carboxylic acids is 1. The van der Waals surface area contributed by atoms with Crippen LogP contribution in [0.5, 0.6) is 0 Å². The number of hydrogen-bond acceptors (Lipinski definition) is 4. The van der Waals surface area contributed by atoms with Crippen LogP contribution in [0, 0.1) is 0 Å². The monoisotopic (exact) mass is 285 g/mol. The lowest BCUT2D eigenvalue weighted by molar-refractivity contribution is -0.133. The van der Waals surface area contributed by atoms with Crippen LogP contribution in [-0.4, -0.2) is 39.9 Å². The van der Waals surface area contributed by atoms with Gasteiger partial charge in [0.25, 0.3) is 0 Å². The van der Waals surface area contributed by atoms with Gasteiger partial charge in [-0.1, -0.05) is 0 Å². The van der Waals surface area contributed by atoms with Gasteiger partial charge in [-0.05, 0) is 30.4 Å². The summed E-state index contributed by atoms with van der Waals surface area (Å²) in [6.45, 7) is 2.77. The summed E-state index contributed by atoms with van der Waals surface area (Å²) in [5, 5.41) is 10.6. The van der Waals surface area contributed by atoms with Crippen LogP contribution in [0.3, 0.4) is 0 Å². The summed E-state index contributed by atoms with van der Waals surface area (Å²) in [5.74, 6) is -0.612. The van der Waals surface area contributed by atoms with Gasteiger partial charge in [0, 0.05) is 11.4 Å². The number of carboxylic acids is 1. The number of carbonyl (C=O) groups excluding carboxylic acids is 1. The Kier molecular flexibility index (Phi) is 4.29. The Bertz CT molecular complexity index is 458. The van der Waals surface area contributed by atoms with Crippen molar-refractivity contribution in [1.29, 1.82) is 0 Å². The Morgan fingerprint density at radius 3 is 3.06 bits per heavy atom. The van der Waals surface area contributed by atoms with Gasteiger partial charge in [-0.3, -0.25) is 9.59 Å². The molecule has 1 unspecified atom stereocenters. The third-order valence-electron chi connectivity index (χ3n) is 3.05. The first-order chi connectivity index (χ1) is 8.59. The van der Waals surface area contributed by atoms with E-state index in [0.29, 0.717) is 0 Å². The van der Waals surface area contributed by atoms with E-state index < -0.39 is 5.97 Å². The zero-order valence-electron chi connectivity index (χ0n) is 10.1. The zero-order chi connectivity index (χ0) is 13.1. The Labute approximate surface area is 114 Å². The molecule has 6 heteroatoms. The average molecular weight is 285 g/mol. The molecule has 1 aliphatic heterocycles. The fourth-order valence-corrected chi connectivity index (χ4v) is 3.74. The molecule has 18 heavy (non-hydrogen) atoms. The summed E-state index contributed by atoms with van der Waals surface area (Å²) in [5.41, 5.74) is 1.24. The second-order valence-corrected chi connectivity index (χ2v) is 6.19. The molecule has 0 fully saturated rings. The van der Waals surface area contributed by atoms with E-state index >= 15 is 0 Å². The predicted molar refractivity (Wildman–Crippen MR) is 73.1 cm³/mol. The first-order valence-electron chi connectivity index (χ1n) is 5.75. The van der Waals surface area contributed by atoms with Crippen LogP contribution in [0.1, 0.15) is 23.4 Å². The highest BCUT2D eigenvalue weighted by molar-refractivity contribution is 8.00. The largest absolute Gasteiger partial charge is 0.481 e. The van der Waals surface area contributed by atoms with Gasteiger partial charge in [-0.15, -0.1) is 23.1 Å². The Morgan fingerprint density at radius 1 is 1.56 bits per heavy atom. The summed E-state index contributed by atoms with van der Waals surface area (Å²) < 4.78 is 0. The number of carbonyl (C=O) groups is 2. The summed E-state index contributed by atoms with van der Waals surface area (Å²) in [4.78, 5) is 25.7. The molecule has 0 aromatic carbocycles. The lowest BCUT2D eigenvalue weighted by Gasteiger charge is -2.33. The molecule has 0 radical (unpaired) electrons. The van der Waals surface area contributed by atoms with E-state index in [1.165, 1.54) is 10.4 Å². The number of amides is 1. The number of fused-ring (bicyclic) bond motifs is 1. The molecular formula is C12H15NO3S2. The number of thioether (sulfide) groups is 1. The number of thiophene rings is 1. The predicted octanol–water partition coefficient (Wildman–Crippen LogP) is 2.01. The molecule has 1 amide bonds. The Balaban J connectivity index is 1.94. The van der Waals surface area contributed by atoms with E-state index in [0.717, 1.165) is 24.7 Å². The van der Waals surface area contributed by atoms with Crippen molar-refractivity contribution in [3.05, 3.63) is 21.9 Å². The summed E-state index contributed by atoms with van der Waals surface area (Å²) in [7, 11) is 0. The highest BCUT2D eigenvalue weighted by atomic mass is 32.2. The molecule has 1 aromatic rings. The van der Waals surface area contributed by atoms with Gasteiger partial charge in [0.2, 0.25) is 5.91 Å². The van der Waals surface area contributed by atoms with Gasteiger partial charge in [0.15, 0.2) is 0 Å². The SMILES string of the molecule is CC1c2ccsc2CCN1C(=O)CSCC(=O)O. The summed E-state index contributed by atoms with van der Waals surface area (Å²) >= 11 is 2.90. The van der Waals surface area contributed by atoms with Gasteiger partial charge < -0.3 is 10.0 Å². The standard InChI is InChI=1S/C12H15NO3S2/c1-8-9-3-5-18-10(9)2-4-13(8)11(14)6-17-7-12(15)16/h3,5,8H,2,4,6-7H2,1H3,(H,15,16). The van der Waals surface area contributed by atoms with Crippen LogP contribution in [0.15, 0.2) is 11.4 Å². The van der Waals surface area contributed by atoms with Crippen LogP contribution < -0.4 is 0 Å². The summed E-state index contributed by atoms with van der Waals surface area (Å²) in [6, 6.07) is 2.19. The van der Waals surface area contributed by atoms with Gasteiger partial charge in [0.05, 0.1) is 17.5 Å². The number of carboxylic acid groups (broad SMARTS) is 1. The first-order valence-corrected chi connectivity index (χ1v) is 7.78. The molecular weight excluding hydrogens is 270 g/mol. The van der Waals surface area contributed by atoms with Crippen molar-refractivity contribution in [3.63, 3.8) is 0 Å². The quantitative estimate of drug-likeness (QED) is 0.919. The zero-order valence-corrected chi connectivity index (χ0v) is 11.7. The minimum atomic E-state index is -0.875. The molecule has 1 atom stereocenters. The first kappa shape index (κ1) is 13.4. The van der Waals surface area contributed by atoms with Crippen LogP contribution in [0.25, 0.3) is 0 Å². The molecule has 98 valence electrons.